The van der Waals surface area contributed by atoms with Crippen molar-refractivity contribution in [2.45, 2.75) is 6.92 Å². The minimum Gasteiger partial charge on any atom is -0.457 e. The molecule has 0 N–H and O–H groups in total. The van der Waals surface area contributed by atoms with Gasteiger partial charge in [0.1, 0.15) is 11.5 Å². The van der Waals surface area contributed by atoms with Crippen LogP contribution >= 0.6 is 31.9 Å². The third kappa shape index (κ3) is 3.21. The summed E-state index contributed by atoms with van der Waals surface area (Å²) in [4.78, 5) is 11.3. The molecule has 0 spiro atoms. The number of rotatable bonds is 3. The van der Waals surface area contributed by atoms with Gasteiger partial charge in [-0.05, 0) is 65.3 Å². The van der Waals surface area contributed by atoms with Gasteiger partial charge in [0.15, 0.2) is 5.78 Å². The van der Waals surface area contributed by atoms with Crippen LogP contribution in [-0.2, 0) is 0 Å². The summed E-state index contributed by atoms with van der Waals surface area (Å²) < 4.78 is 7.43. The second kappa shape index (κ2) is 5.67. The zero-order valence-electron chi connectivity index (χ0n) is 9.61. The van der Waals surface area contributed by atoms with Gasteiger partial charge in [-0.1, -0.05) is 15.9 Å². The minimum absolute atomic E-state index is 0.0251. The highest BCUT2D eigenvalue weighted by Crippen LogP contribution is 2.28. The average molecular weight is 370 g/mol. The number of carbonyl (C=O) groups is 1. The molecule has 0 saturated heterocycles. The van der Waals surface area contributed by atoms with E-state index in [1.807, 2.05) is 24.3 Å². The molecule has 0 aliphatic rings. The predicted octanol–water partition coefficient (Wildman–Crippen LogP) is 5.21. The van der Waals surface area contributed by atoms with Crippen LogP contribution < -0.4 is 4.74 Å². The molecule has 0 amide bonds. The summed E-state index contributed by atoms with van der Waals surface area (Å²) in [5, 5.41) is 0. The van der Waals surface area contributed by atoms with Crippen LogP contribution in [0.3, 0.4) is 0 Å². The van der Waals surface area contributed by atoms with Crippen molar-refractivity contribution in [1.29, 1.82) is 0 Å². The predicted molar refractivity (Wildman–Crippen MR) is 78.4 cm³/mol. The number of hydrogen-bond acceptors (Lipinski definition) is 2. The Morgan fingerprint density at radius 1 is 1.00 bits per heavy atom. The smallest absolute Gasteiger partial charge is 0.160 e. The molecule has 0 saturated carbocycles. The highest BCUT2D eigenvalue weighted by Gasteiger charge is 2.06. The van der Waals surface area contributed by atoms with Gasteiger partial charge in [-0.3, -0.25) is 4.79 Å². The molecule has 2 aromatic carbocycles. The van der Waals surface area contributed by atoms with Gasteiger partial charge in [0, 0.05) is 14.5 Å². The SMILES string of the molecule is CC(=O)c1ccc(Oc2ccc(Br)cc2)cc1Br. The summed E-state index contributed by atoms with van der Waals surface area (Å²) in [6.07, 6.45) is 0. The standard InChI is InChI=1S/C14H10Br2O2/c1-9(17)13-7-6-12(8-14(13)16)18-11-4-2-10(15)3-5-11/h2-8H,1H3. The van der Waals surface area contributed by atoms with Gasteiger partial charge in [0.05, 0.1) is 0 Å². The molecule has 0 unspecified atom stereocenters. The summed E-state index contributed by atoms with van der Waals surface area (Å²) in [6, 6.07) is 12.9. The zero-order chi connectivity index (χ0) is 13.1. The molecular weight excluding hydrogens is 360 g/mol. The first kappa shape index (κ1) is 13.3. The number of ketones is 1. The van der Waals surface area contributed by atoms with Crippen LogP contribution in [0.2, 0.25) is 0 Å². The van der Waals surface area contributed by atoms with Gasteiger partial charge in [0.25, 0.3) is 0 Å². The molecule has 2 nitrogen and oxygen atoms in total. The summed E-state index contributed by atoms with van der Waals surface area (Å²) >= 11 is 6.73. The lowest BCUT2D eigenvalue weighted by atomic mass is 10.1. The monoisotopic (exact) mass is 368 g/mol. The molecule has 92 valence electrons. The Kier molecular flexibility index (Phi) is 4.19. The van der Waals surface area contributed by atoms with Gasteiger partial charge in [-0.2, -0.15) is 0 Å². The van der Waals surface area contributed by atoms with Crippen molar-refractivity contribution in [2.24, 2.45) is 0 Å². The number of Topliss-reactive ketones (excluding diaryl/α,β-unsaturated/α-hetero) is 1. The fraction of sp³-hybridized carbons (Fsp3) is 0.0714. The maximum absolute atomic E-state index is 11.3. The molecule has 0 radical (unpaired) electrons. The second-order valence-corrected chi connectivity index (χ2v) is 5.52. The Labute approximate surface area is 122 Å². The molecule has 2 aromatic rings. The van der Waals surface area contributed by atoms with Crippen LogP contribution in [0.5, 0.6) is 11.5 Å². The Morgan fingerprint density at radius 3 is 2.17 bits per heavy atom. The number of hydrogen-bond donors (Lipinski definition) is 0. The molecule has 0 heterocycles. The molecular formula is C14H10Br2O2. The molecule has 0 aromatic heterocycles. The van der Waals surface area contributed by atoms with Crippen LogP contribution in [0.25, 0.3) is 0 Å². The van der Waals surface area contributed by atoms with E-state index in [-0.39, 0.29) is 5.78 Å². The first-order valence-electron chi connectivity index (χ1n) is 5.30. The first-order valence-corrected chi connectivity index (χ1v) is 6.89. The molecule has 0 aliphatic carbocycles. The lowest BCUT2D eigenvalue weighted by molar-refractivity contribution is 0.101. The van der Waals surface area contributed by atoms with Crippen molar-refractivity contribution < 1.29 is 9.53 Å². The summed E-state index contributed by atoms with van der Waals surface area (Å²) in [7, 11) is 0. The van der Waals surface area contributed by atoms with Crippen LogP contribution in [-0.4, -0.2) is 5.78 Å². The third-order valence-electron chi connectivity index (χ3n) is 2.37. The van der Waals surface area contributed by atoms with Crippen molar-refractivity contribution in [3.8, 4) is 11.5 Å². The van der Waals surface area contributed by atoms with E-state index in [1.165, 1.54) is 6.92 Å². The number of ether oxygens (including phenoxy) is 1. The van der Waals surface area contributed by atoms with E-state index in [0.29, 0.717) is 11.3 Å². The molecule has 0 bridgehead atoms. The zero-order valence-corrected chi connectivity index (χ0v) is 12.8. The van der Waals surface area contributed by atoms with E-state index >= 15 is 0 Å². The van der Waals surface area contributed by atoms with Crippen molar-refractivity contribution >= 4 is 37.6 Å². The van der Waals surface area contributed by atoms with Gasteiger partial charge in [0.2, 0.25) is 0 Å². The third-order valence-corrected chi connectivity index (χ3v) is 3.55. The molecule has 18 heavy (non-hydrogen) atoms. The first-order chi connectivity index (χ1) is 8.56. The van der Waals surface area contributed by atoms with Crippen molar-refractivity contribution in [3.63, 3.8) is 0 Å². The quantitative estimate of drug-likeness (QED) is 0.694. The topological polar surface area (TPSA) is 26.3 Å². The van der Waals surface area contributed by atoms with Gasteiger partial charge in [-0.15, -0.1) is 0 Å². The number of benzene rings is 2. The normalized spacial score (nSPS) is 10.2. The fourth-order valence-electron chi connectivity index (χ4n) is 1.48. The minimum atomic E-state index is 0.0251. The van der Waals surface area contributed by atoms with Crippen LogP contribution in [0.1, 0.15) is 17.3 Å². The van der Waals surface area contributed by atoms with E-state index in [2.05, 4.69) is 31.9 Å². The van der Waals surface area contributed by atoms with E-state index in [1.54, 1.807) is 18.2 Å². The lowest BCUT2D eigenvalue weighted by Gasteiger charge is -2.07. The van der Waals surface area contributed by atoms with Crippen LogP contribution in [0, 0.1) is 0 Å². The Balaban J connectivity index is 2.22. The second-order valence-electron chi connectivity index (χ2n) is 3.75. The highest BCUT2D eigenvalue weighted by atomic mass is 79.9. The van der Waals surface area contributed by atoms with E-state index < -0.39 is 0 Å². The highest BCUT2D eigenvalue weighted by molar-refractivity contribution is 9.10. The van der Waals surface area contributed by atoms with Gasteiger partial charge < -0.3 is 4.74 Å². The van der Waals surface area contributed by atoms with Crippen molar-refractivity contribution in [1.82, 2.24) is 0 Å². The van der Waals surface area contributed by atoms with Crippen LogP contribution in [0.4, 0.5) is 0 Å². The van der Waals surface area contributed by atoms with Crippen LogP contribution in [0.15, 0.2) is 51.4 Å². The summed E-state index contributed by atoms with van der Waals surface area (Å²) in [6.45, 7) is 1.54. The van der Waals surface area contributed by atoms with E-state index in [9.17, 15) is 4.79 Å². The molecule has 0 atom stereocenters. The Bertz CT molecular complexity index is 577. The maximum Gasteiger partial charge on any atom is 0.160 e. The number of halogens is 2. The molecule has 2 rings (SSSR count). The van der Waals surface area contributed by atoms with Crippen molar-refractivity contribution in [2.75, 3.05) is 0 Å². The molecule has 0 fully saturated rings. The molecule has 4 heteroatoms. The Morgan fingerprint density at radius 2 is 1.61 bits per heavy atom. The molecule has 0 aliphatic heterocycles. The average Bonchev–Trinajstić information content (AvgIpc) is 2.32. The fourth-order valence-corrected chi connectivity index (χ4v) is 2.38. The maximum atomic E-state index is 11.3. The number of carbonyl (C=O) groups excluding carboxylic acids is 1. The lowest BCUT2D eigenvalue weighted by Crippen LogP contribution is -1.94. The Hall–Kier alpha value is -1.13. The largest absolute Gasteiger partial charge is 0.457 e. The van der Waals surface area contributed by atoms with Gasteiger partial charge >= 0.3 is 0 Å². The van der Waals surface area contributed by atoms with Crippen molar-refractivity contribution in [3.05, 3.63) is 57.0 Å². The van der Waals surface area contributed by atoms with E-state index in [4.69, 9.17) is 4.74 Å². The summed E-state index contributed by atoms with van der Waals surface area (Å²) in [5.41, 5.74) is 0.651. The van der Waals surface area contributed by atoms with E-state index in [0.717, 1.165) is 14.7 Å². The van der Waals surface area contributed by atoms with Gasteiger partial charge in [-0.25, -0.2) is 0 Å². The summed E-state index contributed by atoms with van der Waals surface area (Å²) in [5.74, 6) is 1.46.